The van der Waals surface area contributed by atoms with E-state index in [1.54, 1.807) is 6.20 Å². The van der Waals surface area contributed by atoms with Gasteiger partial charge >= 0.3 is 0 Å². The Morgan fingerprint density at radius 1 is 1.24 bits per heavy atom. The quantitative estimate of drug-likeness (QED) is 0.559. The highest BCUT2D eigenvalue weighted by atomic mass is 35.5. The van der Waals surface area contributed by atoms with Crippen LogP contribution in [0.5, 0.6) is 0 Å². The summed E-state index contributed by atoms with van der Waals surface area (Å²) in [4.78, 5) is 24.6. The number of nitrogens with zero attached hydrogens (tertiary/aromatic N) is 4. The highest BCUT2D eigenvalue weighted by molar-refractivity contribution is 6.33. The predicted octanol–water partition coefficient (Wildman–Crippen LogP) is 3.58. The number of pyridine rings is 1. The standard InChI is InChI=1S/C25H28ClN5O3/c1-16(2)28-22-7-19(20(26)8-27-22)21-10-30-12-25(14-34-15-25)13-31(24(33)23(30)29-21)9-17-5-3-4-6-18(17)11-32/h3-8,10,16,32H,9,11-15H2,1-2H3,(H,27,28). The molecule has 34 heavy (non-hydrogen) atoms. The number of ether oxygens (including phenoxy) is 1. The molecular formula is C25H28ClN5O3. The number of carbonyl (C=O) groups excluding carboxylic acids is 1. The van der Waals surface area contributed by atoms with Gasteiger partial charge in [0.1, 0.15) is 5.82 Å². The molecule has 0 aliphatic carbocycles. The molecule has 2 N–H and O–H groups in total. The van der Waals surface area contributed by atoms with Crippen LogP contribution in [0.25, 0.3) is 11.3 Å². The molecule has 2 aromatic heterocycles. The maximum Gasteiger partial charge on any atom is 0.290 e. The van der Waals surface area contributed by atoms with Crippen molar-refractivity contribution in [3.63, 3.8) is 0 Å². The number of amides is 1. The highest BCUT2D eigenvalue weighted by Gasteiger charge is 2.45. The van der Waals surface area contributed by atoms with Crippen LogP contribution in [0.3, 0.4) is 0 Å². The lowest BCUT2D eigenvalue weighted by atomic mass is 9.85. The van der Waals surface area contributed by atoms with Crippen molar-refractivity contribution in [2.45, 2.75) is 39.6 Å². The molecule has 1 aromatic carbocycles. The van der Waals surface area contributed by atoms with E-state index in [0.717, 1.165) is 16.7 Å². The summed E-state index contributed by atoms with van der Waals surface area (Å²) in [6, 6.07) is 9.73. The van der Waals surface area contributed by atoms with Gasteiger partial charge in [-0.15, -0.1) is 0 Å². The number of benzene rings is 1. The van der Waals surface area contributed by atoms with Gasteiger partial charge in [-0.05, 0) is 31.0 Å². The van der Waals surface area contributed by atoms with E-state index in [9.17, 15) is 9.90 Å². The van der Waals surface area contributed by atoms with E-state index >= 15 is 0 Å². The summed E-state index contributed by atoms with van der Waals surface area (Å²) in [5, 5.41) is 13.5. The molecule has 5 rings (SSSR count). The van der Waals surface area contributed by atoms with Crippen LogP contribution < -0.4 is 5.32 Å². The second-order valence-electron chi connectivity index (χ2n) is 9.51. The first kappa shape index (κ1) is 22.8. The molecule has 9 heteroatoms. The molecule has 0 radical (unpaired) electrons. The average molecular weight is 482 g/mol. The maximum atomic E-state index is 13.7. The summed E-state index contributed by atoms with van der Waals surface area (Å²) < 4.78 is 7.51. The van der Waals surface area contributed by atoms with Gasteiger partial charge in [0.25, 0.3) is 5.91 Å². The van der Waals surface area contributed by atoms with E-state index in [-0.39, 0.29) is 24.0 Å². The molecule has 0 unspecified atom stereocenters. The van der Waals surface area contributed by atoms with Crippen molar-refractivity contribution in [2.75, 3.05) is 25.1 Å². The molecule has 1 saturated heterocycles. The van der Waals surface area contributed by atoms with Crippen LogP contribution in [0.4, 0.5) is 5.82 Å². The second kappa shape index (κ2) is 9.02. The number of aliphatic hydroxyl groups excluding tert-OH is 1. The fourth-order valence-electron chi connectivity index (χ4n) is 4.65. The number of imidazole rings is 1. The zero-order chi connectivity index (χ0) is 23.9. The van der Waals surface area contributed by atoms with Crippen molar-refractivity contribution >= 4 is 23.3 Å². The van der Waals surface area contributed by atoms with Gasteiger partial charge in [-0.3, -0.25) is 4.79 Å². The Labute approximate surface area is 203 Å². The Balaban J connectivity index is 1.52. The first-order chi connectivity index (χ1) is 16.4. The molecule has 0 atom stereocenters. The third-order valence-corrected chi connectivity index (χ3v) is 6.62. The Kier molecular flexibility index (Phi) is 6.06. The number of rotatable bonds is 6. The van der Waals surface area contributed by atoms with Gasteiger partial charge in [0, 0.05) is 43.6 Å². The molecular weight excluding hydrogens is 454 g/mol. The summed E-state index contributed by atoms with van der Waals surface area (Å²) in [5.41, 5.74) is 2.94. The monoisotopic (exact) mass is 481 g/mol. The van der Waals surface area contributed by atoms with Crippen LogP contribution in [-0.2, 0) is 24.4 Å². The molecule has 1 amide bonds. The minimum Gasteiger partial charge on any atom is -0.392 e. The molecule has 178 valence electrons. The van der Waals surface area contributed by atoms with E-state index in [1.807, 2.05) is 59.8 Å². The third kappa shape index (κ3) is 4.29. The van der Waals surface area contributed by atoms with Gasteiger partial charge in [0.2, 0.25) is 0 Å². The zero-order valence-corrected chi connectivity index (χ0v) is 20.0. The number of halogens is 1. The molecule has 2 aliphatic heterocycles. The molecule has 0 bridgehead atoms. The summed E-state index contributed by atoms with van der Waals surface area (Å²) in [6.07, 6.45) is 3.51. The number of fused-ring (bicyclic) bond motifs is 1. The number of aliphatic hydroxyl groups is 1. The zero-order valence-electron chi connectivity index (χ0n) is 19.3. The van der Waals surface area contributed by atoms with Crippen molar-refractivity contribution in [3.05, 3.63) is 64.7 Å². The molecule has 1 spiro atoms. The number of hydrogen-bond donors (Lipinski definition) is 2. The van der Waals surface area contributed by atoms with Crippen molar-refractivity contribution in [3.8, 4) is 11.3 Å². The summed E-state index contributed by atoms with van der Waals surface area (Å²) >= 11 is 6.48. The van der Waals surface area contributed by atoms with Crippen molar-refractivity contribution in [2.24, 2.45) is 5.41 Å². The number of carbonyl (C=O) groups is 1. The highest BCUT2D eigenvalue weighted by Crippen LogP contribution is 2.37. The van der Waals surface area contributed by atoms with Crippen molar-refractivity contribution in [1.82, 2.24) is 19.4 Å². The Morgan fingerprint density at radius 3 is 2.68 bits per heavy atom. The lowest BCUT2D eigenvalue weighted by Crippen LogP contribution is -2.52. The molecule has 4 heterocycles. The smallest absolute Gasteiger partial charge is 0.290 e. The lowest BCUT2D eigenvalue weighted by Gasteiger charge is -2.43. The number of hydrogen-bond acceptors (Lipinski definition) is 6. The summed E-state index contributed by atoms with van der Waals surface area (Å²) in [6.45, 7) is 6.79. The molecule has 0 saturated carbocycles. The van der Waals surface area contributed by atoms with E-state index in [4.69, 9.17) is 21.3 Å². The summed E-state index contributed by atoms with van der Waals surface area (Å²) in [7, 11) is 0. The first-order valence-electron chi connectivity index (χ1n) is 11.4. The van der Waals surface area contributed by atoms with Crippen LogP contribution in [0.1, 0.15) is 35.6 Å². The number of aromatic nitrogens is 3. The third-order valence-electron chi connectivity index (χ3n) is 6.32. The molecule has 3 aromatic rings. The SMILES string of the molecule is CC(C)Nc1cc(-c2cn3c(n2)C(=O)N(Cc2ccccc2CO)CC2(COC2)C3)c(Cl)cn1. The van der Waals surface area contributed by atoms with Crippen LogP contribution in [0.15, 0.2) is 42.7 Å². The van der Waals surface area contributed by atoms with Gasteiger partial charge in [0.05, 0.1) is 36.0 Å². The lowest BCUT2D eigenvalue weighted by molar-refractivity contribution is -0.129. The molecule has 8 nitrogen and oxygen atoms in total. The van der Waals surface area contributed by atoms with Crippen LogP contribution in [0.2, 0.25) is 5.02 Å². The van der Waals surface area contributed by atoms with Gasteiger partial charge in [-0.25, -0.2) is 9.97 Å². The fourth-order valence-corrected chi connectivity index (χ4v) is 4.85. The normalized spacial score (nSPS) is 17.0. The van der Waals surface area contributed by atoms with E-state index in [0.29, 0.717) is 55.2 Å². The largest absolute Gasteiger partial charge is 0.392 e. The minimum absolute atomic E-state index is 0.0709. The molecule has 2 aliphatic rings. The molecule has 1 fully saturated rings. The summed E-state index contributed by atoms with van der Waals surface area (Å²) in [5.74, 6) is 0.940. The van der Waals surface area contributed by atoms with Crippen LogP contribution >= 0.6 is 11.6 Å². The number of nitrogens with one attached hydrogen (secondary N) is 1. The fraction of sp³-hybridized carbons (Fsp3) is 0.400. The second-order valence-corrected chi connectivity index (χ2v) is 9.91. The van der Waals surface area contributed by atoms with Crippen LogP contribution in [0, 0.1) is 5.41 Å². The van der Waals surface area contributed by atoms with Crippen molar-refractivity contribution in [1.29, 1.82) is 0 Å². The van der Waals surface area contributed by atoms with E-state index < -0.39 is 0 Å². The topological polar surface area (TPSA) is 92.5 Å². The van der Waals surface area contributed by atoms with E-state index in [1.165, 1.54) is 0 Å². The van der Waals surface area contributed by atoms with Crippen LogP contribution in [-0.4, -0.2) is 56.2 Å². The average Bonchev–Trinajstić information content (AvgIpc) is 3.16. The number of anilines is 1. The maximum absolute atomic E-state index is 13.7. The van der Waals surface area contributed by atoms with Gasteiger partial charge in [-0.2, -0.15) is 0 Å². The van der Waals surface area contributed by atoms with Gasteiger partial charge in [-0.1, -0.05) is 35.9 Å². The Bertz CT molecular complexity index is 1220. The van der Waals surface area contributed by atoms with Crippen molar-refractivity contribution < 1.29 is 14.6 Å². The predicted molar refractivity (Wildman–Crippen MR) is 130 cm³/mol. The minimum atomic E-state index is -0.167. The Morgan fingerprint density at radius 2 is 2.00 bits per heavy atom. The first-order valence-corrected chi connectivity index (χ1v) is 11.8. The van der Waals surface area contributed by atoms with Gasteiger partial charge in [0.15, 0.2) is 5.82 Å². The van der Waals surface area contributed by atoms with Gasteiger partial charge < -0.3 is 24.6 Å². The Hall–Kier alpha value is -2.94. The van der Waals surface area contributed by atoms with E-state index in [2.05, 4.69) is 10.3 Å².